The second-order valence-electron chi connectivity index (χ2n) is 3.10. The van der Waals surface area contributed by atoms with E-state index in [1.54, 1.807) is 0 Å². The Kier molecular flexibility index (Phi) is 2.35. The largest absolute Gasteiger partial charge is 0.378 e. The number of aromatic nitrogens is 3. The molecular formula is C8H12N4O. The van der Waals surface area contributed by atoms with E-state index in [4.69, 9.17) is 10.5 Å². The molecule has 70 valence electrons. The molecule has 0 spiro atoms. The van der Waals surface area contributed by atoms with Crippen LogP contribution >= 0.6 is 0 Å². The van der Waals surface area contributed by atoms with Gasteiger partial charge in [-0.15, -0.1) is 0 Å². The van der Waals surface area contributed by atoms with Crippen molar-refractivity contribution in [3.63, 3.8) is 0 Å². The van der Waals surface area contributed by atoms with Gasteiger partial charge in [0.15, 0.2) is 0 Å². The average molecular weight is 180 g/mol. The number of nitrogens with two attached hydrogens (primary N) is 1. The van der Waals surface area contributed by atoms with E-state index in [2.05, 4.69) is 15.0 Å². The van der Waals surface area contributed by atoms with Crippen LogP contribution in [0.2, 0.25) is 0 Å². The third-order valence-corrected chi connectivity index (χ3v) is 2.07. The van der Waals surface area contributed by atoms with Crippen molar-refractivity contribution in [2.45, 2.75) is 25.4 Å². The summed E-state index contributed by atoms with van der Waals surface area (Å²) >= 11 is 0. The molecule has 13 heavy (non-hydrogen) atoms. The van der Waals surface area contributed by atoms with E-state index in [0.717, 1.165) is 31.7 Å². The van der Waals surface area contributed by atoms with Crippen LogP contribution in [0.1, 0.15) is 18.7 Å². The first-order valence-electron chi connectivity index (χ1n) is 4.39. The molecule has 1 saturated heterocycles. The second-order valence-corrected chi connectivity index (χ2v) is 3.10. The van der Waals surface area contributed by atoms with Gasteiger partial charge in [0, 0.05) is 13.0 Å². The lowest BCUT2D eigenvalue weighted by Crippen LogP contribution is -2.12. The molecule has 0 bridgehead atoms. The highest BCUT2D eigenvalue weighted by atomic mass is 16.5. The van der Waals surface area contributed by atoms with Crippen LogP contribution in [0.25, 0.3) is 0 Å². The van der Waals surface area contributed by atoms with Gasteiger partial charge in [0.1, 0.15) is 12.2 Å². The Morgan fingerprint density at radius 1 is 1.54 bits per heavy atom. The van der Waals surface area contributed by atoms with Gasteiger partial charge in [-0.2, -0.15) is 4.98 Å². The molecule has 0 amide bonds. The highest BCUT2D eigenvalue weighted by Crippen LogP contribution is 2.14. The summed E-state index contributed by atoms with van der Waals surface area (Å²) in [7, 11) is 0. The number of nitrogens with zero attached hydrogens (tertiary/aromatic N) is 3. The predicted octanol–water partition coefficient (Wildman–Crippen LogP) is 0.175. The van der Waals surface area contributed by atoms with Gasteiger partial charge >= 0.3 is 0 Å². The second kappa shape index (κ2) is 3.66. The van der Waals surface area contributed by atoms with Gasteiger partial charge < -0.3 is 10.5 Å². The van der Waals surface area contributed by atoms with Gasteiger partial charge in [-0.1, -0.05) is 0 Å². The fraction of sp³-hybridized carbons (Fsp3) is 0.625. The first kappa shape index (κ1) is 8.37. The van der Waals surface area contributed by atoms with E-state index in [-0.39, 0.29) is 12.1 Å². The van der Waals surface area contributed by atoms with E-state index >= 15 is 0 Å². The van der Waals surface area contributed by atoms with E-state index in [1.165, 1.54) is 6.33 Å². The summed E-state index contributed by atoms with van der Waals surface area (Å²) in [6, 6.07) is 0. The van der Waals surface area contributed by atoms with Crippen molar-refractivity contribution in [1.82, 2.24) is 15.0 Å². The Morgan fingerprint density at radius 3 is 3.15 bits per heavy atom. The Labute approximate surface area is 76.4 Å². The van der Waals surface area contributed by atoms with Crippen molar-refractivity contribution in [3.8, 4) is 0 Å². The maximum Gasteiger partial charge on any atom is 0.223 e. The monoisotopic (exact) mass is 180 g/mol. The van der Waals surface area contributed by atoms with Crippen LogP contribution in [0.4, 0.5) is 5.95 Å². The van der Waals surface area contributed by atoms with E-state index in [1.807, 2.05) is 0 Å². The number of ether oxygens (including phenoxy) is 1. The first-order valence-corrected chi connectivity index (χ1v) is 4.39. The molecule has 1 unspecified atom stereocenters. The van der Waals surface area contributed by atoms with Crippen molar-refractivity contribution < 1.29 is 4.74 Å². The summed E-state index contributed by atoms with van der Waals surface area (Å²) < 4.78 is 5.46. The summed E-state index contributed by atoms with van der Waals surface area (Å²) in [4.78, 5) is 11.8. The molecule has 2 rings (SSSR count). The fourth-order valence-electron chi connectivity index (χ4n) is 1.45. The molecule has 0 saturated carbocycles. The summed E-state index contributed by atoms with van der Waals surface area (Å²) in [5.41, 5.74) is 5.43. The summed E-state index contributed by atoms with van der Waals surface area (Å²) in [5.74, 6) is 1.00. The minimum atomic E-state index is 0.266. The van der Waals surface area contributed by atoms with Gasteiger partial charge in [-0.3, -0.25) is 0 Å². The average Bonchev–Trinajstić information content (AvgIpc) is 2.57. The molecule has 5 heteroatoms. The Hall–Kier alpha value is -1.23. The van der Waals surface area contributed by atoms with Crippen molar-refractivity contribution in [1.29, 1.82) is 0 Å². The van der Waals surface area contributed by atoms with Gasteiger partial charge in [0.05, 0.1) is 6.10 Å². The highest BCUT2D eigenvalue weighted by Gasteiger charge is 2.17. The van der Waals surface area contributed by atoms with Crippen molar-refractivity contribution in [3.05, 3.63) is 12.2 Å². The smallest absolute Gasteiger partial charge is 0.223 e. The zero-order valence-corrected chi connectivity index (χ0v) is 7.31. The van der Waals surface area contributed by atoms with Crippen LogP contribution in [0.3, 0.4) is 0 Å². The maximum atomic E-state index is 5.46. The molecule has 1 aliphatic heterocycles. The lowest BCUT2D eigenvalue weighted by Gasteiger charge is -2.06. The normalized spacial score (nSPS) is 22.0. The van der Waals surface area contributed by atoms with Gasteiger partial charge in [0.2, 0.25) is 5.95 Å². The predicted molar refractivity (Wildman–Crippen MR) is 46.9 cm³/mol. The molecule has 1 aromatic heterocycles. The third-order valence-electron chi connectivity index (χ3n) is 2.07. The lowest BCUT2D eigenvalue weighted by atomic mass is 10.2. The molecule has 5 nitrogen and oxygen atoms in total. The Bertz CT molecular complexity index is 285. The number of nitrogen functional groups attached to an aromatic ring is 1. The van der Waals surface area contributed by atoms with Crippen LogP contribution in [0.5, 0.6) is 0 Å². The lowest BCUT2D eigenvalue weighted by molar-refractivity contribution is 0.110. The third kappa shape index (κ3) is 2.12. The van der Waals surface area contributed by atoms with Crippen LogP contribution in [0.15, 0.2) is 6.33 Å². The van der Waals surface area contributed by atoms with Crippen molar-refractivity contribution in [2.24, 2.45) is 0 Å². The van der Waals surface area contributed by atoms with Crippen LogP contribution in [0, 0.1) is 0 Å². The summed E-state index contributed by atoms with van der Waals surface area (Å²) in [6.07, 6.45) is 4.66. The quantitative estimate of drug-likeness (QED) is 0.702. The molecular weight excluding hydrogens is 168 g/mol. The topological polar surface area (TPSA) is 73.9 Å². The zero-order chi connectivity index (χ0) is 9.10. The number of rotatable bonds is 2. The van der Waals surface area contributed by atoms with Gasteiger partial charge in [0.25, 0.3) is 0 Å². The van der Waals surface area contributed by atoms with E-state index in [9.17, 15) is 0 Å². The van der Waals surface area contributed by atoms with Crippen molar-refractivity contribution in [2.75, 3.05) is 12.3 Å². The Morgan fingerprint density at radius 2 is 2.46 bits per heavy atom. The molecule has 1 aliphatic rings. The molecule has 2 heterocycles. The highest BCUT2D eigenvalue weighted by molar-refractivity contribution is 5.12. The van der Waals surface area contributed by atoms with Crippen LogP contribution in [-0.2, 0) is 11.2 Å². The molecule has 0 radical (unpaired) electrons. The van der Waals surface area contributed by atoms with Crippen LogP contribution in [-0.4, -0.2) is 27.7 Å². The van der Waals surface area contributed by atoms with Gasteiger partial charge in [-0.25, -0.2) is 9.97 Å². The minimum Gasteiger partial charge on any atom is -0.378 e. The molecule has 2 N–H and O–H groups in total. The molecule has 1 aromatic rings. The number of hydrogen-bond donors (Lipinski definition) is 1. The molecule has 1 atom stereocenters. The molecule has 0 aromatic carbocycles. The first-order chi connectivity index (χ1) is 6.34. The molecule has 1 fully saturated rings. The maximum absolute atomic E-state index is 5.46. The van der Waals surface area contributed by atoms with Crippen LogP contribution < -0.4 is 5.73 Å². The zero-order valence-electron chi connectivity index (χ0n) is 7.31. The van der Waals surface area contributed by atoms with Gasteiger partial charge in [-0.05, 0) is 12.8 Å². The summed E-state index contributed by atoms with van der Waals surface area (Å²) in [5, 5.41) is 0. The fourth-order valence-corrected chi connectivity index (χ4v) is 1.45. The van der Waals surface area contributed by atoms with E-state index in [0.29, 0.717) is 0 Å². The minimum absolute atomic E-state index is 0.266. The molecule has 0 aliphatic carbocycles. The number of anilines is 1. The van der Waals surface area contributed by atoms with E-state index < -0.39 is 0 Å². The SMILES string of the molecule is Nc1ncnc(CC2CCCO2)n1. The standard InChI is InChI=1S/C8H12N4O/c9-8-11-5-10-7(12-8)4-6-2-1-3-13-6/h5-6H,1-4H2,(H2,9,10,11,12). The summed E-state index contributed by atoms with van der Waals surface area (Å²) in [6.45, 7) is 0.852. The Balaban J connectivity index is 2.00. The number of hydrogen-bond acceptors (Lipinski definition) is 5. The van der Waals surface area contributed by atoms with Crippen molar-refractivity contribution >= 4 is 5.95 Å².